The third-order valence-corrected chi connectivity index (χ3v) is 2.44. The van der Waals surface area contributed by atoms with Crippen LogP contribution in [0.2, 0.25) is 0 Å². The van der Waals surface area contributed by atoms with Gasteiger partial charge in [-0.05, 0) is 19.8 Å². The van der Waals surface area contributed by atoms with E-state index in [4.69, 9.17) is 0 Å². The van der Waals surface area contributed by atoms with Gasteiger partial charge in [-0.25, -0.2) is 0 Å². The average molecular weight is 180 g/mol. The number of rotatable bonds is 5. The molecule has 0 unspecified atom stereocenters. The molecular formula is C11H20N2. The second kappa shape index (κ2) is 5.90. The van der Waals surface area contributed by atoms with Crippen LogP contribution < -0.4 is 0 Å². The van der Waals surface area contributed by atoms with Crippen LogP contribution in [0.3, 0.4) is 0 Å². The number of nitrogens with zero attached hydrogens (tertiary/aromatic N) is 2. The molecule has 1 aliphatic rings. The smallest absolute Gasteiger partial charge is 0.0589 e. The highest BCUT2D eigenvalue weighted by atomic mass is 14.9. The van der Waals surface area contributed by atoms with Gasteiger partial charge in [0.2, 0.25) is 0 Å². The second-order valence-corrected chi connectivity index (χ2v) is 3.61. The lowest BCUT2D eigenvalue weighted by Crippen LogP contribution is -2.17. The zero-order valence-electron chi connectivity index (χ0n) is 8.84. The highest BCUT2D eigenvalue weighted by molar-refractivity contribution is 6.41. The summed E-state index contributed by atoms with van der Waals surface area (Å²) in [7, 11) is 0. The Morgan fingerprint density at radius 2 is 1.85 bits per heavy atom. The summed E-state index contributed by atoms with van der Waals surface area (Å²) in [5.74, 6) is 0. The molecule has 0 N–H and O–H groups in total. The minimum Gasteiger partial charge on any atom is -0.286 e. The predicted molar refractivity (Wildman–Crippen MR) is 59.0 cm³/mol. The minimum absolute atomic E-state index is 0.893. The van der Waals surface area contributed by atoms with Crippen molar-refractivity contribution in [3.63, 3.8) is 0 Å². The molecule has 0 atom stereocenters. The molecule has 0 saturated carbocycles. The maximum Gasteiger partial charge on any atom is 0.0589 e. The molecule has 1 rings (SSSR count). The SMILES string of the molecule is CCCCCCC1=NCCN=C1C. The van der Waals surface area contributed by atoms with Crippen molar-refractivity contribution in [3.8, 4) is 0 Å². The number of hydrogen-bond acceptors (Lipinski definition) is 2. The molecule has 0 spiro atoms. The Morgan fingerprint density at radius 3 is 2.54 bits per heavy atom. The summed E-state index contributed by atoms with van der Waals surface area (Å²) in [6.45, 7) is 6.12. The Morgan fingerprint density at radius 1 is 1.08 bits per heavy atom. The normalized spacial score (nSPS) is 16.8. The molecule has 0 bridgehead atoms. The van der Waals surface area contributed by atoms with Gasteiger partial charge in [0, 0.05) is 0 Å². The fourth-order valence-electron chi connectivity index (χ4n) is 1.59. The minimum atomic E-state index is 0.893. The van der Waals surface area contributed by atoms with E-state index in [0.29, 0.717) is 0 Å². The maximum absolute atomic E-state index is 4.49. The summed E-state index contributed by atoms with van der Waals surface area (Å²) >= 11 is 0. The van der Waals surface area contributed by atoms with Crippen molar-refractivity contribution in [1.29, 1.82) is 0 Å². The third-order valence-electron chi connectivity index (χ3n) is 2.44. The van der Waals surface area contributed by atoms with Crippen molar-refractivity contribution in [3.05, 3.63) is 0 Å². The summed E-state index contributed by atoms with van der Waals surface area (Å²) in [5.41, 5.74) is 2.42. The Labute approximate surface area is 81.2 Å². The topological polar surface area (TPSA) is 24.7 Å². The van der Waals surface area contributed by atoms with Crippen LogP contribution >= 0.6 is 0 Å². The van der Waals surface area contributed by atoms with Crippen molar-refractivity contribution in [2.24, 2.45) is 9.98 Å². The van der Waals surface area contributed by atoms with Gasteiger partial charge >= 0.3 is 0 Å². The predicted octanol–water partition coefficient (Wildman–Crippen LogP) is 2.87. The molecule has 0 radical (unpaired) electrons. The first-order valence-electron chi connectivity index (χ1n) is 5.39. The lowest BCUT2D eigenvalue weighted by atomic mass is 10.1. The summed E-state index contributed by atoms with van der Waals surface area (Å²) in [5, 5.41) is 0. The van der Waals surface area contributed by atoms with Gasteiger partial charge < -0.3 is 0 Å². The largest absolute Gasteiger partial charge is 0.286 e. The summed E-state index contributed by atoms with van der Waals surface area (Å²) in [6.07, 6.45) is 6.40. The lowest BCUT2D eigenvalue weighted by Gasteiger charge is -2.10. The first-order chi connectivity index (χ1) is 6.34. The zero-order valence-corrected chi connectivity index (χ0v) is 8.84. The molecule has 0 aliphatic carbocycles. The molecule has 0 amide bonds. The number of hydrogen-bond donors (Lipinski definition) is 0. The van der Waals surface area contributed by atoms with Gasteiger partial charge in [0.25, 0.3) is 0 Å². The summed E-state index contributed by atoms with van der Waals surface area (Å²) in [4.78, 5) is 8.89. The van der Waals surface area contributed by atoms with Gasteiger partial charge in [-0.15, -0.1) is 0 Å². The molecule has 1 heterocycles. The van der Waals surface area contributed by atoms with Crippen molar-refractivity contribution in [2.75, 3.05) is 13.1 Å². The molecule has 13 heavy (non-hydrogen) atoms. The molecule has 0 aromatic heterocycles. The van der Waals surface area contributed by atoms with Crippen molar-refractivity contribution >= 4 is 11.4 Å². The molecule has 0 aromatic carbocycles. The third kappa shape index (κ3) is 3.71. The summed E-state index contributed by atoms with van der Waals surface area (Å²) < 4.78 is 0. The van der Waals surface area contributed by atoms with Gasteiger partial charge in [-0.2, -0.15) is 0 Å². The van der Waals surface area contributed by atoms with Crippen LogP contribution in [-0.4, -0.2) is 24.5 Å². The van der Waals surface area contributed by atoms with Crippen LogP contribution in [0.25, 0.3) is 0 Å². The fourth-order valence-corrected chi connectivity index (χ4v) is 1.59. The van der Waals surface area contributed by atoms with Crippen LogP contribution in [0.15, 0.2) is 9.98 Å². The van der Waals surface area contributed by atoms with Gasteiger partial charge in [-0.1, -0.05) is 26.2 Å². The zero-order chi connectivity index (χ0) is 9.52. The van der Waals surface area contributed by atoms with Crippen molar-refractivity contribution in [1.82, 2.24) is 0 Å². The average Bonchev–Trinajstić information content (AvgIpc) is 2.15. The van der Waals surface area contributed by atoms with E-state index in [1.165, 1.54) is 37.1 Å². The van der Waals surface area contributed by atoms with Crippen LogP contribution in [0.5, 0.6) is 0 Å². The van der Waals surface area contributed by atoms with Crippen LogP contribution in [0.1, 0.15) is 46.0 Å². The molecule has 1 aliphatic heterocycles. The van der Waals surface area contributed by atoms with E-state index in [1.54, 1.807) is 0 Å². The Kier molecular flexibility index (Phi) is 4.73. The quantitative estimate of drug-likeness (QED) is 0.581. The first-order valence-corrected chi connectivity index (χ1v) is 5.39. The molecule has 0 fully saturated rings. The van der Waals surface area contributed by atoms with Crippen LogP contribution in [0, 0.1) is 0 Å². The molecular weight excluding hydrogens is 160 g/mol. The van der Waals surface area contributed by atoms with E-state index in [1.807, 2.05) is 0 Å². The molecule has 74 valence electrons. The molecule has 0 saturated heterocycles. The highest BCUT2D eigenvalue weighted by Gasteiger charge is 2.06. The van der Waals surface area contributed by atoms with Gasteiger partial charge in [0.1, 0.15) is 0 Å². The fraction of sp³-hybridized carbons (Fsp3) is 0.818. The van der Waals surface area contributed by atoms with E-state index >= 15 is 0 Å². The number of aliphatic imine (C=N–C) groups is 2. The van der Waals surface area contributed by atoms with Crippen molar-refractivity contribution < 1.29 is 0 Å². The molecule has 2 heteroatoms. The van der Waals surface area contributed by atoms with Gasteiger partial charge in [0.05, 0.1) is 24.5 Å². The molecule has 0 aromatic rings. The first kappa shape index (κ1) is 10.4. The van der Waals surface area contributed by atoms with E-state index in [9.17, 15) is 0 Å². The van der Waals surface area contributed by atoms with E-state index in [0.717, 1.165) is 19.5 Å². The standard InChI is InChI=1S/C11H20N2/c1-3-4-5-6-7-11-10(2)12-8-9-13-11/h3-9H2,1-2H3. The van der Waals surface area contributed by atoms with Crippen LogP contribution in [0.4, 0.5) is 0 Å². The van der Waals surface area contributed by atoms with Crippen molar-refractivity contribution in [2.45, 2.75) is 46.0 Å². The molecule has 2 nitrogen and oxygen atoms in total. The van der Waals surface area contributed by atoms with E-state index in [-0.39, 0.29) is 0 Å². The van der Waals surface area contributed by atoms with E-state index < -0.39 is 0 Å². The Balaban J connectivity index is 2.20. The highest BCUT2D eigenvalue weighted by Crippen LogP contribution is 2.06. The summed E-state index contributed by atoms with van der Waals surface area (Å²) in [6, 6.07) is 0. The second-order valence-electron chi connectivity index (χ2n) is 3.61. The van der Waals surface area contributed by atoms with Gasteiger partial charge in [0.15, 0.2) is 0 Å². The van der Waals surface area contributed by atoms with E-state index in [2.05, 4.69) is 23.8 Å². The lowest BCUT2D eigenvalue weighted by molar-refractivity contribution is 0.682. The Hall–Kier alpha value is -0.660. The monoisotopic (exact) mass is 180 g/mol. The van der Waals surface area contributed by atoms with Gasteiger partial charge in [-0.3, -0.25) is 9.98 Å². The number of unbranched alkanes of at least 4 members (excludes halogenated alkanes) is 3. The Bertz CT molecular complexity index is 204. The van der Waals surface area contributed by atoms with Crippen LogP contribution in [-0.2, 0) is 0 Å². The maximum atomic E-state index is 4.49.